The number of nitrogens with two attached hydrogens (primary N) is 1. The van der Waals surface area contributed by atoms with E-state index in [2.05, 4.69) is 6.92 Å². The Kier molecular flexibility index (Phi) is 6.25. The fraction of sp³-hybridized carbons (Fsp3) is 0.538. The Labute approximate surface area is 113 Å². The van der Waals surface area contributed by atoms with Gasteiger partial charge < -0.3 is 19.9 Å². The number of methoxy groups -OCH3 is 2. The minimum Gasteiger partial charge on any atom is -0.493 e. The van der Waals surface area contributed by atoms with Crippen molar-refractivity contribution in [2.75, 3.05) is 27.4 Å². The summed E-state index contributed by atoms with van der Waals surface area (Å²) in [6.45, 7) is 3.22. The van der Waals surface area contributed by atoms with E-state index in [0.29, 0.717) is 29.7 Å². The van der Waals surface area contributed by atoms with Crippen molar-refractivity contribution in [2.24, 2.45) is 5.73 Å². The second-order valence-electron chi connectivity index (χ2n) is 3.92. The molecule has 0 aliphatic heterocycles. The summed E-state index contributed by atoms with van der Waals surface area (Å²) in [5.41, 5.74) is 6.91. The highest BCUT2D eigenvalue weighted by molar-refractivity contribution is 6.32. The van der Waals surface area contributed by atoms with Gasteiger partial charge in [0.25, 0.3) is 0 Å². The summed E-state index contributed by atoms with van der Waals surface area (Å²) >= 11 is 6.12. The van der Waals surface area contributed by atoms with Crippen molar-refractivity contribution in [1.29, 1.82) is 0 Å². The summed E-state index contributed by atoms with van der Waals surface area (Å²) in [4.78, 5) is 0. The van der Waals surface area contributed by atoms with Crippen LogP contribution in [-0.2, 0) is 4.74 Å². The van der Waals surface area contributed by atoms with Gasteiger partial charge in [-0.25, -0.2) is 0 Å². The van der Waals surface area contributed by atoms with Crippen molar-refractivity contribution in [1.82, 2.24) is 0 Å². The zero-order chi connectivity index (χ0) is 13.5. The molecule has 1 aromatic rings. The zero-order valence-corrected chi connectivity index (χ0v) is 11.8. The van der Waals surface area contributed by atoms with Crippen LogP contribution in [0, 0.1) is 0 Å². The van der Waals surface area contributed by atoms with Crippen LogP contribution in [0.25, 0.3) is 0 Å². The van der Waals surface area contributed by atoms with E-state index in [1.54, 1.807) is 20.3 Å². The molecule has 18 heavy (non-hydrogen) atoms. The Hall–Kier alpha value is -0.970. The number of hydrogen-bond donors (Lipinski definition) is 1. The van der Waals surface area contributed by atoms with Crippen LogP contribution < -0.4 is 15.2 Å². The minimum absolute atomic E-state index is 0.228. The van der Waals surface area contributed by atoms with E-state index in [0.717, 1.165) is 12.0 Å². The van der Waals surface area contributed by atoms with Crippen LogP contribution in [0.2, 0.25) is 5.02 Å². The second-order valence-corrected chi connectivity index (χ2v) is 4.33. The van der Waals surface area contributed by atoms with E-state index in [4.69, 9.17) is 31.5 Å². The largest absolute Gasteiger partial charge is 0.493 e. The molecule has 1 rings (SSSR count). The Morgan fingerprint density at radius 1 is 1.28 bits per heavy atom. The average molecular weight is 274 g/mol. The predicted molar refractivity (Wildman–Crippen MR) is 72.6 cm³/mol. The number of halogens is 1. The molecule has 0 aromatic heterocycles. The topological polar surface area (TPSA) is 53.7 Å². The maximum atomic E-state index is 6.12. The number of ether oxygens (including phenoxy) is 3. The average Bonchev–Trinajstić information content (AvgIpc) is 2.37. The van der Waals surface area contributed by atoms with Gasteiger partial charge in [-0.1, -0.05) is 18.5 Å². The van der Waals surface area contributed by atoms with Crippen molar-refractivity contribution in [2.45, 2.75) is 19.4 Å². The molecule has 0 saturated carbocycles. The molecule has 0 amide bonds. The molecule has 0 radical (unpaired) electrons. The first-order valence-electron chi connectivity index (χ1n) is 5.88. The van der Waals surface area contributed by atoms with Gasteiger partial charge in [0.05, 0.1) is 31.9 Å². The van der Waals surface area contributed by atoms with Crippen molar-refractivity contribution in [3.05, 3.63) is 22.7 Å². The fourth-order valence-corrected chi connectivity index (χ4v) is 1.90. The van der Waals surface area contributed by atoms with Gasteiger partial charge in [-0.2, -0.15) is 0 Å². The molecule has 0 fully saturated rings. The van der Waals surface area contributed by atoms with Gasteiger partial charge in [0.15, 0.2) is 11.5 Å². The van der Waals surface area contributed by atoms with Crippen LogP contribution >= 0.6 is 11.6 Å². The van der Waals surface area contributed by atoms with Gasteiger partial charge in [-0.3, -0.25) is 0 Å². The van der Waals surface area contributed by atoms with E-state index >= 15 is 0 Å². The van der Waals surface area contributed by atoms with Crippen LogP contribution in [0.1, 0.15) is 24.9 Å². The number of benzene rings is 1. The lowest BCUT2D eigenvalue weighted by atomic mass is 10.1. The Bertz CT molecular complexity index is 385. The molecule has 5 heteroatoms. The molecular formula is C13H20ClNO3. The summed E-state index contributed by atoms with van der Waals surface area (Å²) in [6.07, 6.45) is 0.972. The van der Waals surface area contributed by atoms with E-state index in [1.165, 1.54) is 0 Å². The minimum atomic E-state index is -0.228. The van der Waals surface area contributed by atoms with E-state index in [-0.39, 0.29) is 6.04 Å². The third kappa shape index (κ3) is 3.77. The predicted octanol–water partition coefficient (Wildman–Crippen LogP) is 2.78. The first-order chi connectivity index (χ1) is 8.63. The second kappa shape index (κ2) is 7.46. The van der Waals surface area contributed by atoms with E-state index < -0.39 is 0 Å². The maximum absolute atomic E-state index is 6.12. The molecule has 0 heterocycles. The molecule has 1 aromatic carbocycles. The van der Waals surface area contributed by atoms with E-state index in [1.807, 2.05) is 6.07 Å². The van der Waals surface area contributed by atoms with Crippen molar-refractivity contribution in [3.8, 4) is 11.5 Å². The van der Waals surface area contributed by atoms with Gasteiger partial charge in [0.2, 0.25) is 0 Å². The highest BCUT2D eigenvalue weighted by atomic mass is 35.5. The van der Waals surface area contributed by atoms with Gasteiger partial charge in [-0.05, 0) is 24.1 Å². The molecule has 0 saturated heterocycles. The molecule has 0 aliphatic rings. The Morgan fingerprint density at radius 3 is 2.56 bits per heavy atom. The molecule has 0 aliphatic carbocycles. The molecule has 0 spiro atoms. The lowest BCUT2D eigenvalue weighted by Gasteiger charge is -2.16. The van der Waals surface area contributed by atoms with Gasteiger partial charge in [0, 0.05) is 6.61 Å². The van der Waals surface area contributed by atoms with Crippen molar-refractivity contribution < 1.29 is 14.2 Å². The molecule has 1 unspecified atom stereocenters. The lowest BCUT2D eigenvalue weighted by Crippen LogP contribution is -2.17. The van der Waals surface area contributed by atoms with Crippen LogP contribution in [0.3, 0.4) is 0 Å². The van der Waals surface area contributed by atoms with Crippen LogP contribution in [-0.4, -0.2) is 27.4 Å². The smallest absolute Gasteiger partial charge is 0.179 e. The summed E-state index contributed by atoms with van der Waals surface area (Å²) in [5.74, 6) is 1.09. The normalized spacial score (nSPS) is 12.3. The summed E-state index contributed by atoms with van der Waals surface area (Å²) in [5, 5.41) is 0.484. The third-order valence-corrected chi connectivity index (χ3v) is 2.81. The first kappa shape index (κ1) is 15.1. The molecule has 0 bridgehead atoms. The summed E-state index contributed by atoms with van der Waals surface area (Å²) in [7, 11) is 3.12. The number of rotatable bonds is 7. The molecule has 2 N–H and O–H groups in total. The van der Waals surface area contributed by atoms with Gasteiger partial charge in [0.1, 0.15) is 0 Å². The van der Waals surface area contributed by atoms with Crippen LogP contribution in [0.5, 0.6) is 11.5 Å². The van der Waals surface area contributed by atoms with Gasteiger partial charge in [-0.15, -0.1) is 0 Å². The molecule has 1 atom stereocenters. The summed E-state index contributed by atoms with van der Waals surface area (Å²) in [6, 6.07) is 3.38. The standard InChI is InChI=1S/C13H20ClNO3/c1-4-5-18-8-11(15)9-6-10(14)13(17-3)12(7-9)16-2/h6-7,11H,4-5,8,15H2,1-3H3. The van der Waals surface area contributed by atoms with E-state index in [9.17, 15) is 0 Å². The third-order valence-electron chi connectivity index (χ3n) is 2.53. The van der Waals surface area contributed by atoms with Crippen LogP contribution in [0.15, 0.2) is 12.1 Å². The van der Waals surface area contributed by atoms with Crippen molar-refractivity contribution >= 4 is 11.6 Å². The molecule has 4 nitrogen and oxygen atoms in total. The molecule has 102 valence electrons. The monoisotopic (exact) mass is 273 g/mol. The highest BCUT2D eigenvalue weighted by Crippen LogP contribution is 2.37. The zero-order valence-electron chi connectivity index (χ0n) is 11.0. The fourth-order valence-electron chi connectivity index (χ4n) is 1.60. The van der Waals surface area contributed by atoms with Crippen LogP contribution in [0.4, 0.5) is 0 Å². The number of hydrogen-bond acceptors (Lipinski definition) is 4. The maximum Gasteiger partial charge on any atom is 0.179 e. The summed E-state index contributed by atoms with van der Waals surface area (Å²) < 4.78 is 15.8. The van der Waals surface area contributed by atoms with Crippen molar-refractivity contribution in [3.63, 3.8) is 0 Å². The SMILES string of the molecule is CCCOCC(N)c1cc(Cl)c(OC)c(OC)c1. The highest BCUT2D eigenvalue weighted by Gasteiger charge is 2.14. The lowest BCUT2D eigenvalue weighted by molar-refractivity contribution is 0.121. The quantitative estimate of drug-likeness (QED) is 0.776. The first-order valence-corrected chi connectivity index (χ1v) is 6.26. The molecular weight excluding hydrogens is 254 g/mol. The Morgan fingerprint density at radius 2 is 2.00 bits per heavy atom. The van der Waals surface area contributed by atoms with Gasteiger partial charge >= 0.3 is 0 Å². The Balaban J connectivity index is 2.86.